The lowest BCUT2D eigenvalue weighted by Gasteiger charge is -2.26. The summed E-state index contributed by atoms with van der Waals surface area (Å²) in [5, 5.41) is 0. The van der Waals surface area contributed by atoms with Crippen molar-refractivity contribution < 1.29 is 23.8 Å². The topological polar surface area (TPSA) is 91.1 Å². The maximum atomic E-state index is 12.1. The average Bonchev–Trinajstić information content (AvgIpc) is 3.16. The molecule has 2 aliphatic heterocycles. The maximum absolute atomic E-state index is 12.1. The average molecular weight is 431 g/mol. The van der Waals surface area contributed by atoms with E-state index in [4.69, 9.17) is 19.9 Å². The van der Waals surface area contributed by atoms with Crippen LogP contribution in [0.5, 0.6) is 0 Å². The Kier molecular flexibility index (Phi) is 8.09. The molecule has 0 amide bonds. The minimum Gasteiger partial charge on any atom is -0.464 e. The number of nitrogens with zero attached hydrogens (tertiary/aromatic N) is 1. The van der Waals surface area contributed by atoms with Crippen LogP contribution in [-0.4, -0.2) is 56.3 Å². The fraction of sp³-hybridized carbons (Fsp3) is 0.583. The van der Waals surface area contributed by atoms with Crippen molar-refractivity contribution >= 4 is 17.6 Å². The minimum atomic E-state index is -0.333. The van der Waals surface area contributed by atoms with Gasteiger partial charge in [-0.1, -0.05) is 18.6 Å². The molecule has 0 bridgehead atoms. The Labute approximate surface area is 184 Å². The predicted octanol–water partition coefficient (Wildman–Crippen LogP) is 2.95. The second kappa shape index (κ2) is 10.8. The molecule has 2 aliphatic rings. The lowest BCUT2D eigenvalue weighted by Crippen LogP contribution is -2.38. The van der Waals surface area contributed by atoms with Gasteiger partial charge in [-0.05, 0) is 49.8 Å². The van der Waals surface area contributed by atoms with Crippen molar-refractivity contribution in [1.82, 2.24) is 4.90 Å². The molecule has 7 nitrogen and oxygen atoms in total. The van der Waals surface area contributed by atoms with E-state index in [0.717, 1.165) is 61.5 Å². The summed E-state index contributed by atoms with van der Waals surface area (Å²) in [5.41, 5.74) is 12.7. The van der Waals surface area contributed by atoms with Crippen molar-refractivity contribution in [3.05, 3.63) is 39.5 Å². The van der Waals surface area contributed by atoms with Crippen LogP contribution in [0.2, 0.25) is 0 Å². The highest BCUT2D eigenvalue weighted by atomic mass is 16.5. The van der Waals surface area contributed by atoms with Crippen LogP contribution in [0.15, 0.2) is 11.6 Å². The smallest absolute Gasteiger partial charge is 0.341 e. The summed E-state index contributed by atoms with van der Waals surface area (Å²) in [6, 6.07) is 0. The zero-order chi connectivity index (χ0) is 22.4. The summed E-state index contributed by atoms with van der Waals surface area (Å²) in [6.45, 7) is 10.9. The van der Waals surface area contributed by atoms with Crippen molar-refractivity contribution in [2.75, 3.05) is 45.2 Å². The van der Waals surface area contributed by atoms with Gasteiger partial charge in [0.15, 0.2) is 0 Å². The number of benzene rings is 1. The number of nitrogen functional groups attached to an aromatic ring is 1. The molecule has 31 heavy (non-hydrogen) atoms. The maximum Gasteiger partial charge on any atom is 0.341 e. The standard InChI is InChI=1S/C24H34N2O5/c1-4-18-17(3)20-15-31-24(28)22(20)23(25)19(18)7-5-16(2)6-8-21(27)30-14-11-26-9-12-29-13-10-26/h5H,4,6-15,25H2,1-3H3/b16-5+. The zero-order valence-electron chi connectivity index (χ0n) is 18.9. The molecule has 3 rings (SSSR count). The van der Waals surface area contributed by atoms with Gasteiger partial charge >= 0.3 is 11.9 Å². The summed E-state index contributed by atoms with van der Waals surface area (Å²) in [4.78, 5) is 26.4. The number of morpholine rings is 1. The summed E-state index contributed by atoms with van der Waals surface area (Å²) in [6.07, 6.45) is 4.57. The number of hydrogen-bond donors (Lipinski definition) is 1. The van der Waals surface area contributed by atoms with E-state index in [1.807, 2.05) is 13.8 Å². The highest BCUT2D eigenvalue weighted by Gasteiger charge is 2.29. The second-order valence-electron chi connectivity index (χ2n) is 8.21. The summed E-state index contributed by atoms with van der Waals surface area (Å²) in [7, 11) is 0. The molecule has 1 aromatic carbocycles. The lowest BCUT2D eigenvalue weighted by atomic mass is 9.88. The number of allylic oxidation sites excluding steroid dienone is 2. The van der Waals surface area contributed by atoms with Crippen LogP contribution < -0.4 is 5.73 Å². The molecule has 1 fully saturated rings. The van der Waals surface area contributed by atoms with Gasteiger partial charge in [0.05, 0.1) is 24.5 Å². The molecule has 0 saturated carbocycles. The van der Waals surface area contributed by atoms with Crippen LogP contribution in [0, 0.1) is 6.92 Å². The van der Waals surface area contributed by atoms with Gasteiger partial charge in [0, 0.05) is 31.6 Å². The molecule has 0 unspecified atom stereocenters. The van der Waals surface area contributed by atoms with Gasteiger partial charge in [0.1, 0.15) is 13.2 Å². The van der Waals surface area contributed by atoms with Gasteiger partial charge in [0.25, 0.3) is 0 Å². The largest absolute Gasteiger partial charge is 0.464 e. The highest BCUT2D eigenvalue weighted by molar-refractivity contribution is 6.00. The number of cyclic esters (lactones) is 1. The van der Waals surface area contributed by atoms with Crippen LogP contribution in [-0.2, 0) is 38.5 Å². The molecule has 170 valence electrons. The monoisotopic (exact) mass is 430 g/mol. The molecule has 7 heteroatoms. The molecule has 0 aliphatic carbocycles. The number of carbonyl (C=O) groups excluding carboxylic acids is 2. The number of anilines is 1. The van der Waals surface area contributed by atoms with Crippen LogP contribution in [0.3, 0.4) is 0 Å². The third-order valence-electron chi connectivity index (χ3n) is 6.22. The van der Waals surface area contributed by atoms with Crippen molar-refractivity contribution in [2.24, 2.45) is 0 Å². The van der Waals surface area contributed by atoms with Crippen molar-refractivity contribution in [3.8, 4) is 0 Å². The van der Waals surface area contributed by atoms with Crippen LogP contribution in [0.1, 0.15) is 59.3 Å². The van der Waals surface area contributed by atoms with Crippen LogP contribution in [0.25, 0.3) is 0 Å². The highest BCUT2D eigenvalue weighted by Crippen LogP contribution is 2.35. The Balaban J connectivity index is 1.53. The molecule has 2 heterocycles. The number of hydrogen-bond acceptors (Lipinski definition) is 7. The lowest BCUT2D eigenvalue weighted by molar-refractivity contribution is -0.144. The fourth-order valence-corrected chi connectivity index (χ4v) is 4.27. The van der Waals surface area contributed by atoms with E-state index in [2.05, 4.69) is 17.9 Å². The SMILES string of the molecule is CCc1c(C)c2c(c(N)c1C/C=C(\C)CCC(=O)OCCN1CCOCC1)C(=O)OC2. The van der Waals surface area contributed by atoms with Crippen LogP contribution >= 0.6 is 0 Å². The first-order chi connectivity index (χ1) is 14.9. The van der Waals surface area contributed by atoms with E-state index < -0.39 is 0 Å². The molecule has 0 spiro atoms. The third-order valence-corrected chi connectivity index (χ3v) is 6.22. The molecule has 0 aromatic heterocycles. The number of carbonyl (C=O) groups is 2. The van der Waals surface area contributed by atoms with E-state index in [0.29, 0.717) is 43.7 Å². The molecule has 0 radical (unpaired) electrons. The summed E-state index contributed by atoms with van der Waals surface area (Å²) >= 11 is 0. The molecule has 1 saturated heterocycles. The van der Waals surface area contributed by atoms with E-state index in [1.165, 1.54) is 5.56 Å². The van der Waals surface area contributed by atoms with Crippen molar-refractivity contribution in [1.29, 1.82) is 0 Å². The molecule has 1 aromatic rings. The Hall–Kier alpha value is -2.38. The Morgan fingerprint density at radius 3 is 2.68 bits per heavy atom. The van der Waals surface area contributed by atoms with Gasteiger partial charge in [-0.25, -0.2) is 4.79 Å². The first kappa shape index (κ1) is 23.3. The quantitative estimate of drug-likeness (QED) is 0.366. The van der Waals surface area contributed by atoms with E-state index in [1.54, 1.807) is 0 Å². The normalized spacial score (nSPS) is 16.9. The van der Waals surface area contributed by atoms with Gasteiger partial charge in [-0.2, -0.15) is 0 Å². The fourth-order valence-electron chi connectivity index (χ4n) is 4.27. The number of esters is 2. The van der Waals surface area contributed by atoms with E-state index >= 15 is 0 Å². The first-order valence-electron chi connectivity index (χ1n) is 11.1. The van der Waals surface area contributed by atoms with Crippen molar-refractivity contribution in [3.63, 3.8) is 0 Å². The van der Waals surface area contributed by atoms with Gasteiger partial charge in [0.2, 0.25) is 0 Å². The Bertz CT molecular complexity index is 856. The molecular weight excluding hydrogens is 396 g/mol. The summed E-state index contributed by atoms with van der Waals surface area (Å²) in [5.74, 6) is -0.508. The number of ether oxygens (including phenoxy) is 3. The van der Waals surface area contributed by atoms with E-state index in [-0.39, 0.29) is 11.9 Å². The zero-order valence-corrected chi connectivity index (χ0v) is 18.9. The summed E-state index contributed by atoms with van der Waals surface area (Å²) < 4.78 is 15.9. The number of nitrogens with two attached hydrogens (primary N) is 1. The third kappa shape index (κ3) is 5.66. The van der Waals surface area contributed by atoms with Crippen molar-refractivity contribution in [2.45, 2.75) is 53.1 Å². The molecule has 0 atom stereocenters. The Morgan fingerprint density at radius 1 is 1.23 bits per heavy atom. The second-order valence-corrected chi connectivity index (χ2v) is 8.21. The van der Waals surface area contributed by atoms with Gasteiger partial charge < -0.3 is 19.9 Å². The Morgan fingerprint density at radius 2 is 1.97 bits per heavy atom. The molecular formula is C24H34N2O5. The van der Waals surface area contributed by atoms with Gasteiger partial charge in [-0.15, -0.1) is 0 Å². The number of fused-ring (bicyclic) bond motifs is 1. The van der Waals surface area contributed by atoms with E-state index in [9.17, 15) is 9.59 Å². The van der Waals surface area contributed by atoms with Crippen LogP contribution in [0.4, 0.5) is 5.69 Å². The molecule has 2 N–H and O–H groups in total. The predicted molar refractivity (Wildman–Crippen MR) is 119 cm³/mol. The van der Waals surface area contributed by atoms with Gasteiger partial charge in [-0.3, -0.25) is 9.69 Å². The first-order valence-corrected chi connectivity index (χ1v) is 11.1. The number of rotatable bonds is 9. The minimum absolute atomic E-state index is 0.175.